The maximum Gasteiger partial charge on any atom is 0.314 e. The molecule has 0 aromatic heterocycles. The largest absolute Gasteiger partial charge is 0.351 e. The zero-order valence-electron chi connectivity index (χ0n) is 7.69. The molecule has 0 radical (unpaired) electrons. The fourth-order valence-electron chi connectivity index (χ4n) is 1.55. The van der Waals surface area contributed by atoms with Crippen LogP contribution >= 0.6 is 0 Å². The number of hydrogen-bond acceptors (Lipinski definition) is 3. The van der Waals surface area contributed by atoms with Crippen molar-refractivity contribution in [2.24, 2.45) is 11.7 Å². The van der Waals surface area contributed by atoms with E-state index in [-0.39, 0.29) is 11.8 Å². The molecule has 0 saturated carbocycles. The minimum Gasteiger partial charge on any atom is -0.351 e. The molecular formula is C8H12N4O2. The van der Waals surface area contributed by atoms with Crippen molar-refractivity contribution < 1.29 is 9.59 Å². The summed E-state index contributed by atoms with van der Waals surface area (Å²) >= 11 is 0. The van der Waals surface area contributed by atoms with Crippen LogP contribution in [-0.4, -0.2) is 29.9 Å². The van der Waals surface area contributed by atoms with Crippen molar-refractivity contribution in [2.75, 3.05) is 13.1 Å². The molecule has 0 spiro atoms. The molecule has 1 aliphatic heterocycles. The quantitative estimate of drug-likeness (QED) is 0.431. The molecular weight excluding hydrogens is 184 g/mol. The zero-order valence-corrected chi connectivity index (χ0v) is 7.69. The van der Waals surface area contributed by atoms with E-state index < -0.39 is 6.03 Å². The average molecular weight is 196 g/mol. The van der Waals surface area contributed by atoms with Crippen LogP contribution in [0.1, 0.15) is 12.8 Å². The van der Waals surface area contributed by atoms with E-state index in [1.807, 2.05) is 0 Å². The molecule has 0 aliphatic carbocycles. The first-order chi connectivity index (χ1) is 6.65. The molecule has 0 bridgehead atoms. The van der Waals surface area contributed by atoms with E-state index >= 15 is 0 Å². The van der Waals surface area contributed by atoms with Gasteiger partial charge in [0.1, 0.15) is 0 Å². The Hall–Kier alpha value is -1.77. The lowest BCUT2D eigenvalue weighted by Crippen LogP contribution is -2.46. The summed E-state index contributed by atoms with van der Waals surface area (Å²) in [5, 5.41) is 10.3. The molecule has 1 fully saturated rings. The van der Waals surface area contributed by atoms with Crippen molar-refractivity contribution >= 4 is 11.9 Å². The number of rotatable bonds is 1. The third-order valence-corrected chi connectivity index (χ3v) is 2.28. The highest BCUT2D eigenvalue weighted by Gasteiger charge is 2.27. The average Bonchev–Trinajstić information content (AvgIpc) is 2.18. The normalized spacial score (nSPS) is 21.1. The first-order valence-electron chi connectivity index (χ1n) is 4.38. The number of nitriles is 1. The highest BCUT2D eigenvalue weighted by atomic mass is 16.2. The van der Waals surface area contributed by atoms with E-state index in [0.29, 0.717) is 19.5 Å². The highest BCUT2D eigenvalue weighted by Crippen LogP contribution is 2.15. The first-order valence-corrected chi connectivity index (χ1v) is 4.38. The number of nitrogens with one attached hydrogen (secondary N) is 1. The number of hydrogen-bond donors (Lipinski definition) is 2. The van der Waals surface area contributed by atoms with E-state index in [1.54, 1.807) is 6.19 Å². The second-order valence-corrected chi connectivity index (χ2v) is 3.22. The van der Waals surface area contributed by atoms with Crippen LogP contribution < -0.4 is 11.1 Å². The van der Waals surface area contributed by atoms with Gasteiger partial charge in [-0.25, -0.2) is 4.79 Å². The number of nitrogens with zero attached hydrogens (tertiary/aromatic N) is 2. The lowest BCUT2D eigenvalue weighted by atomic mass is 9.97. The van der Waals surface area contributed by atoms with Gasteiger partial charge in [0.15, 0.2) is 6.19 Å². The zero-order chi connectivity index (χ0) is 10.6. The summed E-state index contributed by atoms with van der Waals surface area (Å²) in [6.07, 6.45) is 3.01. The Kier molecular flexibility index (Phi) is 3.29. The van der Waals surface area contributed by atoms with Crippen LogP contribution in [0.15, 0.2) is 0 Å². The molecule has 1 atom stereocenters. The minimum atomic E-state index is -0.514. The van der Waals surface area contributed by atoms with Gasteiger partial charge < -0.3 is 10.6 Å². The summed E-state index contributed by atoms with van der Waals surface area (Å²) in [6, 6.07) is -0.514. The molecule has 6 heteroatoms. The lowest BCUT2D eigenvalue weighted by molar-refractivity contribution is -0.125. The SMILES string of the molecule is N#CNC(=O)C1CCCN(C(N)=O)C1. The van der Waals surface area contributed by atoms with Crippen LogP contribution in [0.5, 0.6) is 0 Å². The van der Waals surface area contributed by atoms with Crippen LogP contribution in [0.25, 0.3) is 0 Å². The van der Waals surface area contributed by atoms with E-state index in [4.69, 9.17) is 11.0 Å². The first kappa shape index (κ1) is 10.3. The van der Waals surface area contributed by atoms with E-state index in [2.05, 4.69) is 5.32 Å². The second-order valence-electron chi connectivity index (χ2n) is 3.22. The van der Waals surface area contributed by atoms with Crippen molar-refractivity contribution in [3.8, 4) is 6.19 Å². The number of primary amides is 1. The molecule has 3 N–H and O–H groups in total. The molecule has 14 heavy (non-hydrogen) atoms. The number of nitrogens with two attached hydrogens (primary N) is 1. The maximum atomic E-state index is 11.3. The standard InChI is InChI=1S/C8H12N4O2/c9-5-11-7(13)6-2-1-3-12(4-6)8(10)14/h6H,1-4H2,(H2,10,14)(H,11,13). The Morgan fingerprint density at radius 1 is 1.57 bits per heavy atom. The summed E-state index contributed by atoms with van der Waals surface area (Å²) in [4.78, 5) is 23.5. The van der Waals surface area contributed by atoms with Crippen LogP contribution in [0.4, 0.5) is 4.79 Å². The number of likely N-dealkylation sites (tertiary alicyclic amines) is 1. The fourth-order valence-corrected chi connectivity index (χ4v) is 1.55. The van der Waals surface area contributed by atoms with Gasteiger partial charge in [0.25, 0.3) is 0 Å². The monoisotopic (exact) mass is 196 g/mol. The van der Waals surface area contributed by atoms with Gasteiger partial charge in [-0.15, -0.1) is 0 Å². The summed E-state index contributed by atoms with van der Waals surface area (Å²) in [7, 11) is 0. The van der Waals surface area contributed by atoms with Gasteiger partial charge in [0.2, 0.25) is 5.91 Å². The predicted octanol–water partition coefficient (Wildman–Crippen LogP) is -0.626. The van der Waals surface area contributed by atoms with Gasteiger partial charge in [0.05, 0.1) is 5.92 Å². The van der Waals surface area contributed by atoms with Gasteiger partial charge in [-0.3, -0.25) is 10.1 Å². The third-order valence-electron chi connectivity index (χ3n) is 2.28. The van der Waals surface area contributed by atoms with Crippen molar-refractivity contribution in [1.82, 2.24) is 10.2 Å². The van der Waals surface area contributed by atoms with Crippen molar-refractivity contribution in [2.45, 2.75) is 12.8 Å². The Balaban J connectivity index is 2.52. The molecule has 6 nitrogen and oxygen atoms in total. The maximum absolute atomic E-state index is 11.3. The van der Waals surface area contributed by atoms with E-state index in [1.165, 1.54) is 4.90 Å². The van der Waals surface area contributed by atoms with Gasteiger partial charge in [-0.05, 0) is 12.8 Å². The van der Waals surface area contributed by atoms with Gasteiger partial charge in [0, 0.05) is 13.1 Å². The van der Waals surface area contributed by atoms with E-state index in [9.17, 15) is 9.59 Å². The van der Waals surface area contributed by atoms with Gasteiger partial charge in [-0.2, -0.15) is 5.26 Å². The number of amides is 3. The molecule has 76 valence electrons. The van der Waals surface area contributed by atoms with Crippen LogP contribution in [-0.2, 0) is 4.79 Å². The van der Waals surface area contributed by atoms with Crippen LogP contribution in [0.3, 0.4) is 0 Å². The molecule has 1 heterocycles. The molecule has 1 saturated heterocycles. The smallest absolute Gasteiger partial charge is 0.314 e. The van der Waals surface area contributed by atoms with Gasteiger partial charge >= 0.3 is 6.03 Å². The Morgan fingerprint density at radius 2 is 2.29 bits per heavy atom. The minimum absolute atomic E-state index is 0.308. The molecule has 3 amide bonds. The third kappa shape index (κ3) is 2.36. The molecule has 0 aromatic rings. The molecule has 1 aliphatic rings. The number of piperidine rings is 1. The summed E-state index contributed by atoms with van der Waals surface area (Å²) in [5.74, 6) is -0.644. The predicted molar refractivity (Wildman–Crippen MR) is 47.6 cm³/mol. The second kappa shape index (κ2) is 4.46. The molecule has 1 unspecified atom stereocenters. The van der Waals surface area contributed by atoms with Crippen molar-refractivity contribution in [3.05, 3.63) is 0 Å². The molecule has 1 rings (SSSR count). The number of carbonyl (C=O) groups is 2. The summed E-state index contributed by atoms with van der Waals surface area (Å²) in [5.41, 5.74) is 5.09. The Morgan fingerprint density at radius 3 is 2.86 bits per heavy atom. The summed E-state index contributed by atoms with van der Waals surface area (Å²) in [6.45, 7) is 0.897. The fraction of sp³-hybridized carbons (Fsp3) is 0.625. The summed E-state index contributed by atoms with van der Waals surface area (Å²) < 4.78 is 0. The van der Waals surface area contributed by atoms with Crippen molar-refractivity contribution in [3.63, 3.8) is 0 Å². The van der Waals surface area contributed by atoms with E-state index in [0.717, 1.165) is 6.42 Å². The lowest BCUT2D eigenvalue weighted by Gasteiger charge is -2.29. The Bertz CT molecular complexity index is 284. The van der Waals surface area contributed by atoms with Crippen molar-refractivity contribution in [1.29, 1.82) is 5.26 Å². The molecule has 0 aromatic carbocycles. The number of carbonyl (C=O) groups excluding carboxylic acids is 2. The number of urea groups is 1. The topological polar surface area (TPSA) is 99.2 Å². The van der Waals surface area contributed by atoms with Crippen LogP contribution in [0.2, 0.25) is 0 Å². The van der Waals surface area contributed by atoms with Crippen LogP contribution in [0, 0.1) is 17.4 Å². The Labute approximate surface area is 81.7 Å². The highest BCUT2D eigenvalue weighted by molar-refractivity contribution is 5.81. The van der Waals surface area contributed by atoms with Gasteiger partial charge in [-0.1, -0.05) is 0 Å².